The Morgan fingerprint density at radius 3 is 1.55 bits per heavy atom. The fourth-order valence-electron chi connectivity index (χ4n) is 0.864. The molecule has 0 aliphatic carbocycles. The van der Waals surface area contributed by atoms with Gasteiger partial charge in [-0.15, -0.1) is 0 Å². The molecule has 0 radical (unpaired) electrons. The Morgan fingerprint density at radius 1 is 0.850 bits per heavy atom. The first-order valence-corrected chi connectivity index (χ1v) is 6.01. The van der Waals surface area contributed by atoms with Crippen molar-refractivity contribution in [2.24, 2.45) is 0 Å². The molecule has 3 nitrogen and oxygen atoms in total. The van der Waals surface area contributed by atoms with E-state index in [2.05, 4.69) is 0 Å². The molecule has 0 aromatic carbocycles. The number of hydrogen-bond acceptors (Lipinski definition) is 3. The normalized spacial score (nSPS) is 15.0. The predicted molar refractivity (Wildman–Crippen MR) is 44.9 cm³/mol. The summed E-state index contributed by atoms with van der Waals surface area (Å²) in [5.74, 6) is -16.5. The number of rotatable bonds is 5. The highest BCUT2D eigenvalue weighted by molar-refractivity contribution is 7.92. The summed E-state index contributed by atoms with van der Waals surface area (Å²) < 4.78 is 133. The quantitative estimate of drug-likeness (QED) is 0.725. The Hall–Kier alpha value is -1.19. The highest BCUT2D eigenvalue weighted by Gasteiger charge is 2.84. The highest BCUT2D eigenvalue weighted by Crippen LogP contribution is 2.54. The summed E-state index contributed by atoms with van der Waals surface area (Å²) in [5.41, 5.74) is 0. The van der Waals surface area contributed by atoms with E-state index in [1.54, 1.807) is 0 Å². The van der Waals surface area contributed by atoms with Gasteiger partial charge in [0.25, 0.3) is 0 Å². The van der Waals surface area contributed by atoms with Gasteiger partial charge in [0.2, 0.25) is 9.84 Å². The molecular formula is C7H4F9NO2S. The molecule has 0 atom stereocenters. The number of nitriles is 1. The molecule has 0 aromatic heterocycles. The van der Waals surface area contributed by atoms with Crippen molar-refractivity contribution in [3.63, 3.8) is 0 Å². The minimum absolute atomic E-state index is 0.949. The van der Waals surface area contributed by atoms with Crippen molar-refractivity contribution in [2.45, 2.75) is 29.7 Å². The molecule has 0 bridgehead atoms. The maximum atomic E-state index is 12.9. The van der Waals surface area contributed by atoms with Crippen molar-refractivity contribution in [2.75, 3.05) is 5.75 Å². The summed E-state index contributed by atoms with van der Waals surface area (Å²) in [6.45, 7) is 0. The monoisotopic (exact) mass is 337 g/mol. The molecule has 0 aliphatic rings. The van der Waals surface area contributed by atoms with E-state index in [4.69, 9.17) is 5.26 Å². The Balaban J connectivity index is 5.89. The highest BCUT2D eigenvalue weighted by atomic mass is 32.2. The van der Waals surface area contributed by atoms with Gasteiger partial charge in [0.1, 0.15) is 0 Å². The van der Waals surface area contributed by atoms with E-state index in [9.17, 15) is 47.9 Å². The van der Waals surface area contributed by atoms with Crippen molar-refractivity contribution in [1.82, 2.24) is 0 Å². The molecular weight excluding hydrogens is 333 g/mol. The molecule has 13 heteroatoms. The average Bonchev–Trinajstić information content (AvgIpc) is 2.24. The van der Waals surface area contributed by atoms with Crippen LogP contribution in [-0.4, -0.2) is 37.4 Å². The zero-order chi connectivity index (χ0) is 16.6. The van der Waals surface area contributed by atoms with Crippen LogP contribution >= 0.6 is 0 Å². The Morgan fingerprint density at radius 2 is 1.25 bits per heavy atom. The van der Waals surface area contributed by atoms with Crippen LogP contribution in [-0.2, 0) is 9.84 Å². The summed E-state index contributed by atoms with van der Waals surface area (Å²) >= 11 is 0. The molecule has 0 unspecified atom stereocenters. The molecule has 0 N–H and O–H groups in total. The third-order valence-electron chi connectivity index (χ3n) is 1.99. The lowest BCUT2D eigenvalue weighted by Crippen LogP contribution is -2.63. The van der Waals surface area contributed by atoms with E-state index in [1.807, 2.05) is 0 Å². The zero-order valence-corrected chi connectivity index (χ0v) is 9.80. The smallest absolute Gasteiger partial charge is 0.222 e. The average molecular weight is 337 g/mol. The predicted octanol–water partition coefficient (Wildman–Crippen LogP) is 2.74. The molecule has 0 heterocycles. The fraction of sp³-hybridized carbons (Fsp3) is 0.857. The largest absolute Gasteiger partial charge is 0.460 e. The Bertz CT molecular complexity index is 501. The minimum Gasteiger partial charge on any atom is -0.222 e. The van der Waals surface area contributed by atoms with Gasteiger partial charge in [-0.25, -0.2) is 8.42 Å². The maximum Gasteiger partial charge on any atom is 0.460 e. The molecule has 0 fully saturated rings. The third-order valence-corrected chi connectivity index (χ3v) is 3.77. The second-order valence-electron chi connectivity index (χ2n) is 3.39. The van der Waals surface area contributed by atoms with Crippen molar-refractivity contribution in [1.29, 1.82) is 5.26 Å². The lowest BCUT2D eigenvalue weighted by atomic mass is 10.1. The summed E-state index contributed by atoms with van der Waals surface area (Å²) in [4.78, 5) is 0. The van der Waals surface area contributed by atoms with Gasteiger partial charge in [0, 0.05) is 6.42 Å². The molecule has 0 rings (SSSR count). The van der Waals surface area contributed by atoms with Crippen LogP contribution in [0, 0.1) is 11.3 Å². The van der Waals surface area contributed by atoms with Gasteiger partial charge in [-0.2, -0.15) is 44.8 Å². The lowest BCUT2D eigenvalue weighted by Gasteiger charge is -2.32. The van der Waals surface area contributed by atoms with Crippen LogP contribution in [0.1, 0.15) is 6.42 Å². The second-order valence-corrected chi connectivity index (χ2v) is 5.54. The Labute approximate surface area is 105 Å². The minimum atomic E-state index is -7.27. The van der Waals surface area contributed by atoms with Gasteiger partial charge in [0.05, 0.1) is 11.8 Å². The Kier molecular flexibility index (Phi) is 4.68. The third kappa shape index (κ3) is 2.65. The zero-order valence-electron chi connectivity index (χ0n) is 8.99. The van der Waals surface area contributed by atoms with Gasteiger partial charge in [-0.1, -0.05) is 0 Å². The lowest BCUT2D eigenvalue weighted by molar-refractivity contribution is -0.382. The van der Waals surface area contributed by atoms with Crippen molar-refractivity contribution >= 4 is 9.84 Å². The number of sulfone groups is 1. The van der Waals surface area contributed by atoms with E-state index in [-0.39, 0.29) is 0 Å². The van der Waals surface area contributed by atoms with Crippen LogP contribution < -0.4 is 0 Å². The number of nitrogens with zero attached hydrogens (tertiary/aromatic N) is 1. The number of alkyl halides is 9. The van der Waals surface area contributed by atoms with Crippen LogP contribution in [0.2, 0.25) is 0 Å². The maximum absolute atomic E-state index is 12.9. The molecule has 0 saturated carbocycles. The van der Waals surface area contributed by atoms with Crippen molar-refractivity contribution < 1.29 is 47.9 Å². The van der Waals surface area contributed by atoms with Crippen LogP contribution in [0.4, 0.5) is 39.5 Å². The van der Waals surface area contributed by atoms with Crippen molar-refractivity contribution in [3.8, 4) is 6.07 Å². The molecule has 0 amide bonds. The van der Waals surface area contributed by atoms with Gasteiger partial charge in [-0.05, 0) is 0 Å². The SMILES string of the molecule is N#CCCS(=O)(=O)C(F)(F)C(F)(F)C(F)(F)C(F)(F)F. The van der Waals surface area contributed by atoms with Crippen molar-refractivity contribution in [3.05, 3.63) is 0 Å². The van der Waals surface area contributed by atoms with E-state index < -0.39 is 45.3 Å². The molecule has 0 saturated heterocycles. The fourth-order valence-corrected chi connectivity index (χ4v) is 2.00. The van der Waals surface area contributed by atoms with Gasteiger partial charge < -0.3 is 0 Å². The second kappa shape index (κ2) is 4.97. The first kappa shape index (κ1) is 18.8. The molecule has 20 heavy (non-hydrogen) atoms. The van der Waals surface area contributed by atoms with Crippen LogP contribution in [0.15, 0.2) is 0 Å². The van der Waals surface area contributed by atoms with Gasteiger partial charge in [-0.3, -0.25) is 0 Å². The van der Waals surface area contributed by atoms with E-state index in [0.717, 1.165) is 6.07 Å². The van der Waals surface area contributed by atoms with E-state index in [0.29, 0.717) is 0 Å². The van der Waals surface area contributed by atoms with Crippen LogP contribution in [0.3, 0.4) is 0 Å². The number of hydrogen-bond donors (Lipinski definition) is 0. The first-order valence-electron chi connectivity index (χ1n) is 4.35. The molecule has 0 aromatic rings. The molecule has 0 spiro atoms. The van der Waals surface area contributed by atoms with Crippen LogP contribution in [0.5, 0.6) is 0 Å². The van der Waals surface area contributed by atoms with Crippen LogP contribution in [0.25, 0.3) is 0 Å². The summed E-state index contributed by atoms with van der Waals surface area (Å²) in [6, 6.07) is 0.949. The number of halogens is 9. The molecule has 0 aliphatic heterocycles. The standard InChI is InChI=1S/C7H4F9NO2S/c8-4(9,6(12,13)14)5(10,11)7(15,16)20(18,19)3-1-2-17/h1,3H2. The van der Waals surface area contributed by atoms with E-state index >= 15 is 0 Å². The summed E-state index contributed by atoms with van der Waals surface area (Å²) in [6.07, 6.45) is -8.38. The topological polar surface area (TPSA) is 57.9 Å². The summed E-state index contributed by atoms with van der Waals surface area (Å²) in [5, 5.41) is 1.21. The van der Waals surface area contributed by atoms with Gasteiger partial charge in [0.15, 0.2) is 0 Å². The van der Waals surface area contributed by atoms with E-state index in [1.165, 1.54) is 0 Å². The first-order chi connectivity index (χ1) is 8.56. The summed E-state index contributed by atoms with van der Waals surface area (Å²) in [7, 11) is -6.41. The van der Waals surface area contributed by atoms with Gasteiger partial charge >= 0.3 is 23.3 Å². The molecule has 118 valence electrons.